The van der Waals surface area contributed by atoms with Crippen LogP contribution in [-0.4, -0.2) is 29.5 Å². The van der Waals surface area contributed by atoms with Crippen molar-refractivity contribution >= 4 is 11.7 Å². The van der Waals surface area contributed by atoms with E-state index < -0.39 is 0 Å². The Morgan fingerprint density at radius 1 is 1.04 bits per heavy atom. The number of aryl methyl sites for hydroxylation is 1. The first-order valence-corrected chi connectivity index (χ1v) is 9.16. The maximum atomic E-state index is 12.4. The van der Waals surface area contributed by atoms with Gasteiger partial charge in [-0.2, -0.15) is 0 Å². The molecule has 0 spiro atoms. The van der Waals surface area contributed by atoms with Gasteiger partial charge in [-0.25, -0.2) is 9.97 Å². The first-order valence-electron chi connectivity index (χ1n) is 9.16. The van der Waals surface area contributed by atoms with E-state index in [9.17, 15) is 4.79 Å². The van der Waals surface area contributed by atoms with Gasteiger partial charge in [0.15, 0.2) is 0 Å². The number of hydrogen-bond acceptors (Lipinski definition) is 5. The molecule has 144 valence electrons. The lowest BCUT2D eigenvalue weighted by atomic mass is 10.1. The van der Waals surface area contributed by atoms with Gasteiger partial charge in [-0.15, -0.1) is 0 Å². The highest BCUT2D eigenvalue weighted by atomic mass is 16.5. The van der Waals surface area contributed by atoms with Crippen LogP contribution in [0.4, 0.5) is 5.82 Å². The Kier molecular flexibility index (Phi) is 6.57. The molecule has 0 aliphatic rings. The van der Waals surface area contributed by atoms with Crippen LogP contribution in [0, 0.1) is 6.92 Å². The average Bonchev–Trinajstić information content (AvgIpc) is 2.72. The number of aromatic nitrogens is 2. The van der Waals surface area contributed by atoms with Gasteiger partial charge in [0.25, 0.3) is 5.91 Å². The molecule has 0 radical (unpaired) electrons. The van der Waals surface area contributed by atoms with Crippen molar-refractivity contribution in [2.24, 2.45) is 0 Å². The number of amides is 1. The smallest absolute Gasteiger partial charge is 0.270 e. The van der Waals surface area contributed by atoms with Crippen LogP contribution in [-0.2, 0) is 13.0 Å². The fraction of sp³-hybridized carbons (Fsp3) is 0.227. The number of ether oxygens (including phenoxy) is 1. The van der Waals surface area contributed by atoms with E-state index in [1.807, 2.05) is 36.4 Å². The van der Waals surface area contributed by atoms with Crippen LogP contribution in [0.15, 0.2) is 60.9 Å². The van der Waals surface area contributed by atoms with Crippen molar-refractivity contribution in [2.75, 3.05) is 19.0 Å². The Morgan fingerprint density at radius 3 is 2.68 bits per heavy atom. The van der Waals surface area contributed by atoms with E-state index in [2.05, 4.69) is 39.7 Å². The monoisotopic (exact) mass is 376 g/mol. The topological polar surface area (TPSA) is 76.1 Å². The van der Waals surface area contributed by atoms with Gasteiger partial charge in [-0.05, 0) is 36.6 Å². The highest BCUT2D eigenvalue weighted by Crippen LogP contribution is 2.13. The summed E-state index contributed by atoms with van der Waals surface area (Å²) in [4.78, 5) is 20.6. The quantitative estimate of drug-likeness (QED) is 0.630. The largest absolute Gasteiger partial charge is 0.497 e. The van der Waals surface area contributed by atoms with E-state index in [1.54, 1.807) is 13.2 Å². The summed E-state index contributed by atoms with van der Waals surface area (Å²) in [5, 5.41) is 6.13. The fourth-order valence-electron chi connectivity index (χ4n) is 2.83. The fourth-order valence-corrected chi connectivity index (χ4v) is 2.83. The third-order valence-electron chi connectivity index (χ3n) is 4.29. The molecule has 1 heterocycles. The van der Waals surface area contributed by atoms with Crippen LogP contribution < -0.4 is 15.4 Å². The Labute approximate surface area is 165 Å². The number of rotatable bonds is 8. The summed E-state index contributed by atoms with van der Waals surface area (Å²) in [6, 6.07) is 17.7. The van der Waals surface area contributed by atoms with Crippen molar-refractivity contribution in [1.29, 1.82) is 0 Å². The molecule has 1 aromatic heterocycles. The van der Waals surface area contributed by atoms with E-state index in [1.165, 1.54) is 11.9 Å². The molecule has 28 heavy (non-hydrogen) atoms. The normalized spacial score (nSPS) is 10.4. The summed E-state index contributed by atoms with van der Waals surface area (Å²) in [6.45, 7) is 3.21. The van der Waals surface area contributed by atoms with Crippen molar-refractivity contribution in [2.45, 2.75) is 19.9 Å². The van der Waals surface area contributed by atoms with E-state index >= 15 is 0 Å². The zero-order chi connectivity index (χ0) is 19.8. The number of carbonyl (C=O) groups is 1. The molecule has 2 aromatic carbocycles. The molecule has 0 saturated carbocycles. The Bertz CT molecular complexity index is 943. The first-order chi connectivity index (χ1) is 13.6. The van der Waals surface area contributed by atoms with Gasteiger partial charge < -0.3 is 15.4 Å². The maximum Gasteiger partial charge on any atom is 0.270 e. The van der Waals surface area contributed by atoms with Gasteiger partial charge in [0.1, 0.15) is 23.6 Å². The molecule has 0 unspecified atom stereocenters. The van der Waals surface area contributed by atoms with Gasteiger partial charge in [0, 0.05) is 19.2 Å². The van der Waals surface area contributed by atoms with E-state index in [0.29, 0.717) is 31.0 Å². The lowest BCUT2D eigenvalue weighted by Crippen LogP contribution is -2.26. The molecule has 0 atom stereocenters. The molecule has 0 fully saturated rings. The maximum absolute atomic E-state index is 12.4. The minimum Gasteiger partial charge on any atom is -0.497 e. The highest BCUT2D eigenvalue weighted by Gasteiger charge is 2.08. The molecule has 0 aliphatic carbocycles. The third kappa shape index (κ3) is 5.54. The van der Waals surface area contributed by atoms with E-state index in [0.717, 1.165) is 16.9 Å². The van der Waals surface area contributed by atoms with Gasteiger partial charge in [0.05, 0.1) is 7.11 Å². The zero-order valence-electron chi connectivity index (χ0n) is 16.1. The molecule has 6 heteroatoms. The second kappa shape index (κ2) is 9.50. The van der Waals surface area contributed by atoms with Crippen LogP contribution in [0.2, 0.25) is 0 Å². The number of benzene rings is 2. The molecule has 0 aliphatic heterocycles. The highest BCUT2D eigenvalue weighted by molar-refractivity contribution is 5.92. The second-order valence-electron chi connectivity index (χ2n) is 6.49. The van der Waals surface area contributed by atoms with Gasteiger partial charge in [0.2, 0.25) is 0 Å². The molecule has 1 amide bonds. The van der Waals surface area contributed by atoms with Crippen molar-refractivity contribution < 1.29 is 9.53 Å². The summed E-state index contributed by atoms with van der Waals surface area (Å²) in [6.07, 6.45) is 2.11. The van der Waals surface area contributed by atoms with Crippen LogP contribution in [0.25, 0.3) is 0 Å². The van der Waals surface area contributed by atoms with Crippen molar-refractivity contribution in [3.05, 3.63) is 83.3 Å². The standard InChI is InChI=1S/C22H24N4O2/c1-16-5-3-7-18(11-16)14-24-21-13-20(25-15-26-21)22(27)23-10-9-17-6-4-8-19(12-17)28-2/h3-8,11-13,15H,9-10,14H2,1-2H3,(H,23,27)(H,24,25,26). The molecule has 2 N–H and O–H groups in total. The lowest BCUT2D eigenvalue weighted by molar-refractivity contribution is 0.0949. The summed E-state index contributed by atoms with van der Waals surface area (Å²) in [5.74, 6) is 1.21. The summed E-state index contributed by atoms with van der Waals surface area (Å²) >= 11 is 0. The molecular weight excluding hydrogens is 352 g/mol. The molecule has 3 rings (SSSR count). The summed E-state index contributed by atoms with van der Waals surface area (Å²) < 4.78 is 5.21. The van der Waals surface area contributed by atoms with Gasteiger partial charge in [-0.3, -0.25) is 4.79 Å². The number of nitrogens with zero attached hydrogens (tertiary/aromatic N) is 2. The molecule has 0 bridgehead atoms. The predicted octanol–water partition coefficient (Wildman–Crippen LogP) is 3.38. The van der Waals surface area contributed by atoms with Crippen molar-refractivity contribution in [3.8, 4) is 5.75 Å². The van der Waals surface area contributed by atoms with Crippen molar-refractivity contribution in [3.63, 3.8) is 0 Å². The van der Waals surface area contributed by atoms with Gasteiger partial charge >= 0.3 is 0 Å². The van der Waals surface area contributed by atoms with Crippen LogP contribution >= 0.6 is 0 Å². The number of anilines is 1. The van der Waals surface area contributed by atoms with Crippen LogP contribution in [0.1, 0.15) is 27.2 Å². The third-order valence-corrected chi connectivity index (χ3v) is 4.29. The number of methoxy groups -OCH3 is 1. The minimum absolute atomic E-state index is 0.219. The number of nitrogens with one attached hydrogen (secondary N) is 2. The van der Waals surface area contributed by atoms with E-state index in [4.69, 9.17) is 4.74 Å². The minimum atomic E-state index is -0.219. The SMILES string of the molecule is COc1cccc(CCNC(=O)c2cc(NCc3cccc(C)c3)ncn2)c1. The van der Waals surface area contributed by atoms with Crippen LogP contribution in [0.3, 0.4) is 0 Å². The van der Waals surface area contributed by atoms with Gasteiger partial charge in [-0.1, -0.05) is 42.0 Å². The first kappa shape index (κ1) is 19.4. The number of hydrogen-bond donors (Lipinski definition) is 2. The Hall–Kier alpha value is -3.41. The molecule has 3 aromatic rings. The van der Waals surface area contributed by atoms with Crippen LogP contribution in [0.5, 0.6) is 5.75 Å². The molecular formula is C22H24N4O2. The summed E-state index contributed by atoms with van der Waals surface area (Å²) in [7, 11) is 1.64. The van der Waals surface area contributed by atoms with Crippen molar-refractivity contribution in [1.82, 2.24) is 15.3 Å². The Balaban J connectivity index is 1.53. The lowest BCUT2D eigenvalue weighted by Gasteiger charge is -2.09. The zero-order valence-corrected chi connectivity index (χ0v) is 16.1. The summed E-state index contributed by atoms with van der Waals surface area (Å²) in [5.41, 5.74) is 3.80. The average molecular weight is 376 g/mol. The molecule has 0 saturated heterocycles. The molecule has 6 nitrogen and oxygen atoms in total. The number of carbonyl (C=O) groups excluding carboxylic acids is 1. The predicted molar refractivity (Wildman–Crippen MR) is 110 cm³/mol. The Morgan fingerprint density at radius 2 is 1.86 bits per heavy atom. The van der Waals surface area contributed by atoms with E-state index in [-0.39, 0.29) is 5.91 Å². The second-order valence-corrected chi connectivity index (χ2v) is 6.49.